The average molecular weight is 253 g/mol. The van der Waals surface area contributed by atoms with Crippen LogP contribution >= 0.6 is 0 Å². The predicted octanol–water partition coefficient (Wildman–Crippen LogP) is 2.47. The summed E-state index contributed by atoms with van der Waals surface area (Å²) in [6.45, 7) is 7.86. The van der Waals surface area contributed by atoms with E-state index in [0.717, 1.165) is 33.7 Å². The van der Waals surface area contributed by atoms with Crippen molar-refractivity contribution >= 4 is 11.1 Å². The zero-order chi connectivity index (χ0) is 13.6. The van der Waals surface area contributed by atoms with E-state index in [9.17, 15) is 0 Å². The van der Waals surface area contributed by atoms with Gasteiger partial charge < -0.3 is 0 Å². The van der Waals surface area contributed by atoms with Crippen molar-refractivity contribution in [2.45, 2.75) is 13.8 Å². The summed E-state index contributed by atoms with van der Waals surface area (Å²) in [4.78, 5) is 4.61. The lowest BCUT2D eigenvalue weighted by Crippen LogP contribution is -1.95. The van der Waals surface area contributed by atoms with Gasteiger partial charge in [-0.05, 0) is 25.5 Å². The van der Waals surface area contributed by atoms with Crippen molar-refractivity contribution in [3.05, 3.63) is 42.6 Å². The van der Waals surface area contributed by atoms with E-state index in [2.05, 4.69) is 21.8 Å². The quantitative estimate of drug-likeness (QED) is 0.705. The maximum atomic E-state index is 4.61. The Balaban J connectivity index is 2.21. The molecule has 0 N–H and O–H groups in total. The maximum Gasteiger partial charge on any atom is 0.0921 e. The van der Waals surface area contributed by atoms with E-state index in [-0.39, 0.29) is 0 Å². The molecule has 0 saturated carbocycles. The van der Waals surface area contributed by atoms with Gasteiger partial charge >= 0.3 is 0 Å². The molecule has 0 spiro atoms. The van der Waals surface area contributed by atoms with Gasteiger partial charge in [-0.3, -0.25) is 4.68 Å². The monoisotopic (exact) mass is 253 g/mol. The van der Waals surface area contributed by atoms with Gasteiger partial charge in [-0.15, -0.1) is 0 Å². The number of fused-ring (bicyclic) bond motifs is 1. The van der Waals surface area contributed by atoms with Gasteiger partial charge in [0.15, 0.2) is 0 Å². The van der Waals surface area contributed by atoms with Gasteiger partial charge in [0.25, 0.3) is 0 Å². The van der Waals surface area contributed by atoms with Crippen molar-refractivity contribution < 1.29 is 0 Å². The van der Waals surface area contributed by atoms with Crippen molar-refractivity contribution in [2.24, 2.45) is 7.05 Å². The molecule has 0 aromatic carbocycles. The lowest BCUT2D eigenvalue weighted by atomic mass is 10.2. The van der Waals surface area contributed by atoms with E-state index in [0.29, 0.717) is 0 Å². The normalized spacial score (nSPS) is 11.1. The number of nitrogens with zero attached hydrogens (tertiary/aromatic N) is 5. The molecule has 0 radical (unpaired) electrons. The molecule has 96 valence electrons. The summed E-state index contributed by atoms with van der Waals surface area (Å²) in [6, 6.07) is 2.01. The molecule has 0 bridgehead atoms. The first-order valence-electron chi connectivity index (χ1n) is 6.06. The zero-order valence-electron chi connectivity index (χ0n) is 11.3. The maximum absolute atomic E-state index is 4.61. The van der Waals surface area contributed by atoms with Gasteiger partial charge in [0, 0.05) is 18.8 Å². The highest BCUT2D eigenvalue weighted by Gasteiger charge is 2.09. The molecule has 0 fully saturated rings. The number of rotatable bonds is 2. The molecule has 0 aliphatic carbocycles. The number of aromatic nitrogens is 5. The summed E-state index contributed by atoms with van der Waals surface area (Å²) in [5.74, 6) is 0. The molecule has 5 heteroatoms. The van der Waals surface area contributed by atoms with Crippen LogP contribution in [0.15, 0.2) is 31.2 Å². The number of hydrogen-bond donors (Lipinski definition) is 0. The second-order valence-electron chi connectivity index (χ2n) is 4.75. The summed E-state index contributed by atoms with van der Waals surface area (Å²) in [5.41, 5.74) is 5.65. The fraction of sp³-hybridized carbons (Fsp3) is 0.214. The topological polar surface area (TPSA) is 48.0 Å². The molecule has 0 aliphatic heterocycles. The van der Waals surface area contributed by atoms with Crippen molar-refractivity contribution in [3.63, 3.8) is 0 Å². The Morgan fingerprint density at radius 3 is 2.74 bits per heavy atom. The van der Waals surface area contributed by atoms with Crippen molar-refractivity contribution in [1.82, 2.24) is 24.4 Å². The first kappa shape index (κ1) is 11.6. The molecule has 19 heavy (non-hydrogen) atoms. The summed E-state index contributed by atoms with van der Waals surface area (Å²) in [5, 5.41) is 8.68. The van der Waals surface area contributed by atoms with Crippen LogP contribution in [0.1, 0.15) is 18.3 Å². The molecule has 0 aliphatic rings. The largest absolute Gasteiger partial charge is 0.275 e. The van der Waals surface area contributed by atoms with E-state index in [4.69, 9.17) is 0 Å². The van der Waals surface area contributed by atoms with E-state index >= 15 is 0 Å². The first-order chi connectivity index (χ1) is 9.04. The second kappa shape index (κ2) is 4.05. The summed E-state index contributed by atoms with van der Waals surface area (Å²) >= 11 is 0. The molecular weight excluding hydrogens is 238 g/mol. The van der Waals surface area contributed by atoms with Gasteiger partial charge in [0.1, 0.15) is 0 Å². The molecule has 3 heterocycles. The molecule has 0 amide bonds. The lowest BCUT2D eigenvalue weighted by molar-refractivity contribution is 0.768. The Labute approximate surface area is 111 Å². The Kier molecular flexibility index (Phi) is 2.48. The molecule has 5 nitrogen and oxygen atoms in total. The minimum atomic E-state index is 0.870. The third kappa shape index (κ3) is 1.93. The SMILES string of the molecule is C=C(C)c1cc2c(C)nc(-c3cnn(C)c3)cn2n1. The van der Waals surface area contributed by atoms with Crippen molar-refractivity contribution in [3.8, 4) is 11.3 Å². The third-order valence-corrected chi connectivity index (χ3v) is 3.08. The van der Waals surface area contributed by atoms with Crippen molar-refractivity contribution in [1.29, 1.82) is 0 Å². The van der Waals surface area contributed by atoms with Crippen LogP contribution in [0.25, 0.3) is 22.3 Å². The highest BCUT2D eigenvalue weighted by Crippen LogP contribution is 2.21. The summed E-state index contributed by atoms with van der Waals surface area (Å²) in [6.07, 6.45) is 5.67. The molecule has 0 unspecified atom stereocenters. The molecule has 0 saturated heterocycles. The zero-order valence-corrected chi connectivity index (χ0v) is 11.3. The minimum Gasteiger partial charge on any atom is -0.275 e. The van der Waals surface area contributed by atoms with Gasteiger partial charge in [-0.25, -0.2) is 9.50 Å². The Hall–Kier alpha value is -2.43. The molecular formula is C14H15N5. The highest BCUT2D eigenvalue weighted by molar-refractivity contribution is 5.67. The summed E-state index contributed by atoms with van der Waals surface area (Å²) in [7, 11) is 1.89. The lowest BCUT2D eigenvalue weighted by Gasteiger charge is -2.01. The van der Waals surface area contributed by atoms with Crippen LogP contribution in [-0.2, 0) is 7.05 Å². The van der Waals surface area contributed by atoms with E-state index in [1.54, 1.807) is 10.9 Å². The minimum absolute atomic E-state index is 0.870. The number of hydrogen-bond acceptors (Lipinski definition) is 3. The third-order valence-electron chi connectivity index (χ3n) is 3.08. The van der Waals surface area contributed by atoms with Crippen LogP contribution in [0.3, 0.4) is 0 Å². The van der Waals surface area contributed by atoms with Crippen LogP contribution in [0.4, 0.5) is 0 Å². The average Bonchev–Trinajstić information content (AvgIpc) is 2.95. The number of allylic oxidation sites excluding steroid dienone is 1. The smallest absolute Gasteiger partial charge is 0.0921 e. The van der Waals surface area contributed by atoms with Crippen LogP contribution in [0.2, 0.25) is 0 Å². The van der Waals surface area contributed by atoms with E-state index < -0.39 is 0 Å². The van der Waals surface area contributed by atoms with E-state index in [1.165, 1.54) is 0 Å². The van der Waals surface area contributed by atoms with Crippen LogP contribution in [-0.4, -0.2) is 24.4 Å². The molecule has 3 rings (SSSR count). The van der Waals surface area contributed by atoms with Crippen LogP contribution < -0.4 is 0 Å². The van der Waals surface area contributed by atoms with Gasteiger partial charge in [0.05, 0.1) is 35.0 Å². The van der Waals surface area contributed by atoms with Crippen LogP contribution in [0.5, 0.6) is 0 Å². The van der Waals surface area contributed by atoms with Crippen molar-refractivity contribution in [2.75, 3.05) is 0 Å². The fourth-order valence-electron chi connectivity index (χ4n) is 2.05. The molecule has 0 atom stereocenters. The Morgan fingerprint density at radius 2 is 2.11 bits per heavy atom. The van der Waals surface area contributed by atoms with E-state index in [1.807, 2.05) is 43.9 Å². The van der Waals surface area contributed by atoms with Gasteiger partial charge in [0.2, 0.25) is 0 Å². The molecule has 3 aromatic heterocycles. The second-order valence-corrected chi connectivity index (χ2v) is 4.75. The predicted molar refractivity (Wildman–Crippen MR) is 74.6 cm³/mol. The standard InChI is InChI=1S/C14H15N5/c1-9(2)12-5-14-10(3)16-13(8-19(14)17-12)11-6-15-18(4)7-11/h5-8H,1H2,2-4H3. The van der Waals surface area contributed by atoms with Crippen LogP contribution in [0, 0.1) is 6.92 Å². The number of aryl methyl sites for hydroxylation is 2. The summed E-state index contributed by atoms with van der Waals surface area (Å²) < 4.78 is 3.62. The first-order valence-corrected chi connectivity index (χ1v) is 6.06. The Morgan fingerprint density at radius 1 is 1.32 bits per heavy atom. The van der Waals surface area contributed by atoms with Gasteiger partial charge in [-0.1, -0.05) is 6.58 Å². The van der Waals surface area contributed by atoms with Gasteiger partial charge in [-0.2, -0.15) is 10.2 Å². The Bertz CT molecular complexity index is 778. The fourth-order valence-corrected chi connectivity index (χ4v) is 2.05. The highest BCUT2D eigenvalue weighted by atomic mass is 15.2. The molecule has 3 aromatic rings.